The van der Waals surface area contributed by atoms with Gasteiger partial charge in [-0.05, 0) is 0 Å². The molecule has 0 heterocycles. The summed E-state index contributed by atoms with van der Waals surface area (Å²) in [6, 6.07) is 6.81. The molecule has 0 aliphatic rings. The Bertz CT molecular complexity index is 210. The fourth-order valence-electron chi connectivity index (χ4n) is 0.793. The Labute approximate surface area is 66.6 Å². The van der Waals surface area contributed by atoms with Gasteiger partial charge >= 0.3 is 66.1 Å². The zero-order chi connectivity index (χ0) is 7.40. The van der Waals surface area contributed by atoms with E-state index in [0.29, 0.717) is 15.0 Å². The second-order valence-electron chi connectivity index (χ2n) is 2.06. The van der Waals surface area contributed by atoms with Gasteiger partial charge in [0.15, 0.2) is 0 Å². The van der Waals surface area contributed by atoms with Crippen LogP contribution in [0.4, 0.5) is 4.39 Å². The normalized spacial score (nSPS) is 9.80. The molecule has 1 rings (SSSR count). The van der Waals surface area contributed by atoms with Gasteiger partial charge in [0.25, 0.3) is 0 Å². The molecule has 0 amide bonds. The molecule has 1 aromatic rings. The molecule has 0 aliphatic heterocycles. The summed E-state index contributed by atoms with van der Waals surface area (Å²) in [5.41, 5.74) is 1.11. The van der Waals surface area contributed by atoms with Crippen molar-refractivity contribution in [1.29, 1.82) is 0 Å². The minimum atomic E-state index is -0.123. The first kappa shape index (κ1) is 7.77. The third-order valence-electron chi connectivity index (χ3n) is 1.20. The minimum absolute atomic E-state index is 0.123. The van der Waals surface area contributed by atoms with Crippen LogP contribution < -0.4 is 0 Å². The van der Waals surface area contributed by atoms with Crippen LogP contribution in [0.15, 0.2) is 24.3 Å². The quantitative estimate of drug-likeness (QED) is 0.645. The Hall–Kier alpha value is -0.331. The first-order chi connectivity index (χ1) is 4.83. The molecule has 0 atom stereocenters. The number of halogens is 1. The van der Waals surface area contributed by atoms with Gasteiger partial charge in [0.05, 0.1) is 0 Å². The van der Waals surface area contributed by atoms with Crippen molar-refractivity contribution < 1.29 is 4.39 Å². The summed E-state index contributed by atoms with van der Waals surface area (Å²) in [6.07, 6.45) is 0. The van der Waals surface area contributed by atoms with E-state index in [4.69, 9.17) is 0 Å². The monoisotopic (exact) mass is 204 g/mol. The van der Waals surface area contributed by atoms with Crippen molar-refractivity contribution in [3.63, 3.8) is 0 Å². The maximum atomic E-state index is 12.5. The van der Waals surface area contributed by atoms with Gasteiger partial charge in [-0.15, -0.1) is 0 Å². The van der Waals surface area contributed by atoms with Crippen molar-refractivity contribution in [2.24, 2.45) is 0 Å². The first-order valence-corrected chi connectivity index (χ1v) is 5.99. The van der Waals surface area contributed by atoms with E-state index >= 15 is 0 Å². The molecule has 0 fully saturated rings. The van der Waals surface area contributed by atoms with Crippen molar-refractivity contribution in [2.45, 2.75) is 11.1 Å². The molecule has 0 bridgehead atoms. The van der Waals surface area contributed by atoms with Crippen molar-refractivity contribution >= 4 is 15.0 Å². The van der Waals surface area contributed by atoms with Crippen LogP contribution in [0.1, 0.15) is 5.56 Å². The molecular weight excluding hydrogens is 194 g/mol. The van der Waals surface area contributed by atoms with Gasteiger partial charge in [-0.2, -0.15) is 0 Å². The molecule has 0 nitrogen and oxygen atoms in total. The van der Waals surface area contributed by atoms with E-state index in [1.54, 1.807) is 12.1 Å². The van der Waals surface area contributed by atoms with E-state index in [-0.39, 0.29) is 5.82 Å². The molecule has 0 saturated carbocycles. The van der Waals surface area contributed by atoms with Crippen LogP contribution in [0.5, 0.6) is 0 Å². The average molecular weight is 203 g/mol. The van der Waals surface area contributed by atoms with Gasteiger partial charge in [-0.1, -0.05) is 0 Å². The van der Waals surface area contributed by atoms with E-state index in [2.05, 4.69) is 5.82 Å². The predicted molar refractivity (Wildman–Crippen MR) is 41.7 cm³/mol. The van der Waals surface area contributed by atoms with Crippen LogP contribution in [-0.2, 0) is 5.32 Å². The fraction of sp³-hybridized carbons (Fsp3) is 0.250. The maximum absolute atomic E-state index is 12.5. The molecule has 1 aromatic carbocycles. The standard InChI is InChI=1S/C8H9FSe/c1-10-6-7-3-2-4-8(9)5-7/h2-5H,6H2,1H3. The summed E-state index contributed by atoms with van der Waals surface area (Å²) in [5, 5.41) is 1.03. The number of hydrogen-bond acceptors (Lipinski definition) is 0. The van der Waals surface area contributed by atoms with E-state index in [0.717, 1.165) is 10.9 Å². The summed E-state index contributed by atoms with van der Waals surface area (Å²) in [6.45, 7) is 0. The van der Waals surface area contributed by atoms with Crippen molar-refractivity contribution in [3.8, 4) is 0 Å². The molecule has 54 valence electrons. The number of rotatable bonds is 2. The molecule has 10 heavy (non-hydrogen) atoms. The molecule has 0 saturated heterocycles. The van der Waals surface area contributed by atoms with E-state index < -0.39 is 0 Å². The van der Waals surface area contributed by atoms with Crippen LogP contribution in [-0.4, -0.2) is 15.0 Å². The Morgan fingerprint density at radius 3 is 2.90 bits per heavy atom. The Morgan fingerprint density at radius 1 is 1.50 bits per heavy atom. The Morgan fingerprint density at radius 2 is 2.30 bits per heavy atom. The summed E-state index contributed by atoms with van der Waals surface area (Å²) >= 11 is 0.605. The van der Waals surface area contributed by atoms with Gasteiger partial charge in [-0.3, -0.25) is 0 Å². The van der Waals surface area contributed by atoms with Crippen LogP contribution in [0.2, 0.25) is 5.82 Å². The average Bonchev–Trinajstić information content (AvgIpc) is 1.88. The van der Waals surface area contributed by atoms with Crippen LogP contribution in [0.25, 0.3) is 0 Å². The van der Waals surface area contributed by atoms with Gasteiger partial charge < -0.3 is 0 Å². The zero-order valence-electron chi connectivity index (χ0n) is 5.80. The molecule has 0 aliphatic carbocycles. The zero-order valence-corrected chi connectivity index (χ0v) is 7.52. The SMILES string of the molecule is C[Se]Cc1cccc(F)c1. The van der Waals surface area contributed by atoms with Crippen LogP contribution in [0, 0.1) is 5.82 Å². The third-order valence-corrected chi connectivity index (χ3v) is 2.51. The molecule has 0 radical (unpaired) electrons. The third kappa shape index (κ3) is 2.13. The molecule has 2 heteroatoms. The van der Waals surface area contributed by atoms with Crippen LogP contribution >= 0.6 is 0 Å². The van der Waals surface area contributed by atoms with Gasteiger partial charge in [0, 0.05) is 0 Å². The van der Waals surface area contributed by atoms with E-state index in [1.165, 1.54) is 6.07 Å². The van der Waals surface area contributed by atoms with Crippen LogP contribution in [0.3, 0.4) is 0 Å². The molecule has 0 aromatic heterocycles. The molecular formula is C8H9FSe. The van der Waals surface area contributed by atoms with Crippen molar-refractivity contribution in [1.82, 2.24) is 0 Å². The van der Waals surface area contributed by atoms with Crippen molar-refractivity contribution in [2.75, 3.05) is 0 Å². The fourth-order valence-corrected chi connectivity index (χ4v) is 1.87. The van der Waals surface area contributed by atoms with Gasteiger partial charge in [-0.25, -0.2) is 0 Å². The Balaban J connectivity index is 2.75. The number of hydrogen-bond donors (Lipinski definition) is 0. The predicted octanol–water partition coefficient (Wildman–Crippen LogP) is 2.08. The molecule has 0 spiro atoms. The summed E-state index contributed by atoms with van der Waals surface area (Å²) in [4.78, 5) is 0. The van der Waals surface area contributed by atoms with Crippen molar-refractivity contribution in [3.05, 3.63) is 35.6 Å². The van der Waals surface area contributed by atoms with E-state index in [9.17, 15) is 4.39 Å². The topological polar surface area (TPSA) is 0 Å². The van der Waals surface area contributed by atoms with Gasteiger partial charge in [0.2, 0.25) is 0 Å². The van der Waals surface area contributed by atoms with E-state index in [1.807, 2.05) is 6.07 Å². The summed E-state index contributed by atoms with van der Waals surface area (Å²) < 4.78 is 12.5. The second kappa shape index (κ2) is 3.74. The Kier molecular flexibility index (Phi) is 2.91. The first-order valence-electron chi connectivity index (χ1n) is 3.06. The molecule has 0 N–H and O–H groups in total. The van der Waals surface area contributed by atoms with Gasteiger partial charge in [0.1, 0.15) is 0 Å². The summed E-state index contributed by atoms with van der Waals surface area (Å²) in [5.74, 6) is 2.03. The summed E-state index contributed by atoms with van der Waals surface area (Å²) in [7, 11) is 0. The molecule has 0 unspecified atom stereocenters. The number of benzene rings is 1. The second-order valence-corrected chi connectivity index (χ2v) is 3.88.